The number of fused-ring (bicyclic) bond motifs is 1. The number of aromatic nitrogens is 1. The number of carbonyl (C=O) groups is 1. The molecule has 2 aromatic carbocycles. The molecular weight excluding hydrogens is 344 g/mol. The normalized spacial score (nSPS) is 14.3. The van der Waals surface area contributed by atoms with Crippen molar-refractivity contribution in [3.05, 3.63) is 70.6 Å². The lowest BCUT2D eigenvalue weighted by atomic mass is 10.1. The molecule has 0 spiro atoms. The van der Waals surface area contributed by atoms with Crippen LogP contribution in [0.4, 0.5) is 0 Å². The summed E-state index contributed by atoms with van der Waals surface area (Å²) in [6.07, 6.45) is 1.64. The molecule has 0 saturated carbocycles. The van der Waals surface area contributed by atoms with E-state index in [4.69, 9.17) is 9.47 Å². The molecule has 4 rings (SSSR count). The summed E-state index contributed by atoms with van der Waals surface area (Å²) in [5.74, 6) is 0.619. The van der Waals surface area contributed by atoms with E-state index in [0.29, 0.717) is 54.1 Å². The molecule has 6 heteroatoms. The number of morpholine rings is 1. The summed E-state index contributed by atoms with van der Waals surface area (Å²) in [6, 6.07) is 14.4. The molecule has 3 aromatic rings. The SMILES string of the molecule is COc1ccc(-n2cc(C(=O)N3CCOCC3)c3ccccc3c2=O)cc1. The third-order valence-electron chi connectivity index (χ3n) is 4.80. The second-order valence-electron chi connectivity index (χ2n) is 6.37. The first-order chi connectivity index (χ1) is 13.2. The minimum Gasteiger partial charge on any atom is -0.497 e. The van der Waals surface area contributed by atoms with Crippen LogP contribution in [0.3, 0.4) is 0 Å². The Morgan fingerprint density at radius 2 is 1.67 bits per heavy atom. The Bertz CT molecular complexity index is 1030. The number of hydrogen-bond acceptors (Lipinski definition) is 4. The lowest BCUT2D eigenvalue weighted by Crippen LogP contribution is -2.41. The van der Waals surface area contributed by atoms with Gasteiger partial charge in [0.25, 0.3) is 11.5 Å². The smallest absolute Gasteiger partial charge is 0.262 e. The van der Waals surface area contributed by atoms with E-state index in [2.05, 4.69) is 0 Å². The van der Waals surface area contributed by atoms with Gasteiger partial charge in [0.15, 0.2) is 0 Å². The molecule has 0 radical (unpaired) electrons. The summed E-state index contributed by atoms with van der Waals surface area (Å²) in [7, 11) is 1.59. The van der Waals surface area contributed by atoms with Gasteiger partial charge in [0, 0.05) is 35.7 Å². The molecule has 1 saturated heterocycles. The molecule has 1 aromatic heterocycles. The number of amides is 1. The highest BCUT2D eigenvalue weighted by Gasteiger charge is 2.22. The Balaban J connectivity index is 1.88. The van der Waals surface area contributed by atoms with Gasteiger partial charge in [-0.2, -0.15) is 0 Å². The number of hydrogen-bond donors (Lipinski definition) is 0. The zero-order chi connectivity index (χ0) is 18.8. The summed E-state index contributed by atoms with van der Waals surface area (Å²) >= 11 is 0. The van der Waals surface area contributed by atoms with Crippen LogP contribution < -0.4 is 10.3 Å². The number of benzene rings is 2. The van der Waals surface area contributed by atoms with E-state index < -0.39 is 0 Å². The van der Waals surface area contributed by atoms with Gasteiger partial charge in [-0.25, -0.2) is 0 Å². The Labute approximate surface area is 156 Å². The third-order valence-corrected chi connectivity index (χ3v) is 4.80. The number of ether oxygens (including phenoxy) is 2. The molecule has 1 amide bonds. The van der Waals surface area contributed by atoms with Crippen LogP contribution in [-0.4, -0.2) is 48.8 Å². The second kappa shape index (κ2) is 7.25. The van der Waals surface area contributed by atoms with Crippen LogP contribution in [0.2, 0.25) is 0 Å². The minimum atomic E-state index is -0.158. The van der Waals surface area contributed by atoms with Crippen LogP contribution in [0.5, 0.6) is 5.75 Å². The molecule has 6 nitrogen and oxygen atoms in total. The van der Waals surface area contributed by atoms with Crippen LogP contribution >= 0.6 is 0 Å². The average molecular weight is 364 g/mol. The minimum absolute atomic E-state index is 0.0863. The third kappa shape index (κ3) is 3.19. The highest BCUT2D eigenvalue weighted by molar-refractivity contribution is 6.06. The molecular formula is C21H20N2O4. The molecule has 1 aliphatic rings. The molecule has 1 aliphatic heterocycles. The van der Waals surface area contributed by atoms with Crippen LogP contribution in [0.25, 0.3) is 16.5 Å². The first kappa shape index (κ1) is 17.3. The van der Waals surface area contributed by atoms with E-state index in [1.54, 1.807) is 48.5 Å². The van der Waals surface area contributed by atoms with Gasteiger partial charge in [-0.05, 0) is 30.3 Å². The number of rotatable bonds is 3. The maximum absolute atomic E-state index is 13.1. The molecule has 27 heavy (non-hydrogen) atoms. The van der Waals surface area contributed by atoms with E-state index in [1.165, 1.54) is 4.57 Å². The predicted molar refractivity (Wildman–Crippen MR) is 103 cm³/mol. The molecule has 1 fully saturated rings. The first-order valence-corrected chi connectivity index (χ1v) is 8.85. The Morgan fingerprint density at radius 1 is 1.00 bits per heavy atom. The van der Waals surface area contributed by atoms with Gasteiger partial charge >= 0.3 is 0 Å². The van der Waals surface area contributed by atoms with Crippen molar-refractivity contribution in [2.24, 2.45) is 0 Å². The Kier molecular flexibility index (Phi) is 4.64. The second-order valence-corrected chi connectivity index (χ2v) is 6.37. The number of nitrogens with zero attached hydrogens (tertiary/aromatic N) is 2. The maximum Gasteiger partial charge on any atom is 0.262 e. The van der Waals surface area contributed by atoms with Gasteiger partial charge in [-0.1, -0.05) is 18.2 Å². The van der Waals surface area contributed by atoms with Gasteiger partial charge in [0.2, 0.25) is 0 Å². The van der Waals surface area contributed by atoms with Crippen molar-refractivity contribution >= 4 is 16.7 Å². The Hall–Kier alpha value is -3.12. The number of methoxy groups -OCH3 is 1. The summed E-state index contributed by atoms with van der Waals surface area (Å²) < 4.78 is 12.1. The summed E-state index contributed by atoms with van der Waals surface area (Å²) in [4.78, 5) is 27.9. The highest BCUT2D eigenvalue weighted by atomic mass is 16.5. The summed E-state index contributed by atoms with van der Waals surface area (Å²) in [5, 5.41) is 1.19. The zero-order valence-corrected chi connectivity index (χ0v) is 15.1. The fraction of sp³-hybridized carbons (Fsp3) is 0.238. The first-order valence-electron chi connectivity index (χ1n) is 8.85. The number of pyridine rings is 1. The van der Waals surface area contributed by atoms with Crippen LogP contribution in [0.15, 0.2) is 59.5 Å². The molecule has 0 aliphatic carbocycles. The Morgan fingerprint density at radius 3 is 2.33 bits per heavy atom. The lowest BCUT2D eigenvalue weighted by Gasteiger charge is -2.27. The van der Waals surface area contributed by atoms with Crippen molar-refractivity contribution < 1.29 is 14.3 Å². The standard InChI is InChI=1S/C21H20N2O4/c1-26-16-8-6-15(7-9-16)23-14-19(20(24)22-10-12-27-13-11-22)17-4-2-3-5-18(17)21(23)25/h2-9,14H,10-13H2,1H3. The zero-order valence-electron chi connectivity index (χ0n) is 15.1. The summed E-state index contributed by atoms with van der Waals surface area (Å²) in [6.45, 7) is 2.16. The van der Waals surface area contributed by atoms with Crippen LogP contribution in [-0.2, 0) is 4.74 Å². The topological polar surface area (TPSA) is 60.8 Å². The average Bonchev–Trinajstić information content (AvgIpc) is 2.74. The van der Waals surface area contributed by atoms with Crippen LogP contribution in [0, 0.1) is 0 Å². The van der Waals surface area contributed by atoms with E-state index >= 15 is 0 Å². The fourth-order valence-corrected chi connectivity index (χ4v) is 3.33. The van der Waals surface area contributed by atoms with E-state index in [0.717, 1.165) is 0 Å². The molecule has 0 unspecified atom stereocenters. The van der Waals surface area contributed by atoms with Crippen molar-refractivity contribution in [3.63, 3.8) is 0 Å². The van der Waals surface area contributed by atoms with E-state index in [9.17, 15) is 9.59 Å². The highest BCUT2D eigenvalue weighted by Crippen LogP contribution is 2.21. The maximum atomic E-state index is 13.1. The molecule has 0 atom stereocenters. The van der Waals surface area contributed by atoms with Gasteiger partial charge in [0.1, 0.15) is 5.75 Å². The van der Waals surface area contributed by atoms with Crippen molar-refractivity contribution in [2.75, 3.05) is 33.4 Å². The van der Waals surface area contributed by atoms with Crippen molar-refractivity contribution in [2.45, 2.75) is 0 Å². The molecule has 0 N–H and O–H groups in total. The predicted octanol–water partition coefficient (Wildman–Crippen LogP) is 2.47. The van der Waals surface area contributed by atoms with Gasteiger partial charge < -0.3 is 14.4 Å². The lowest BCUT2D eigenvalue weighted by molar-refractivity contribution is 0.0304. The number of carbonyl (C=O) groups excluding carboxylic acids is 1. The van der Waals surface area contributed by atoms with Gasteiger partial charge in [-0.15, -0.1) is 0 Å². The fourth-order valence-electron chi connectivity index (χ4n) is 3.33. The molecule has 2 heterocycles. The monoisotopic (exact) mass is 364 g/mol. The summed E-state index contributed by atoms with van der Waals surface area (Å²) in [5.41, 5.74) is 1.04. The largest absolute Gasteiger partial charge is 0.497 e. The van der Waals surface area contributed by atoms with Gasteiger partial charge in [0.05, 0.1) is 25.9 Å². The van der Waals surface area contributed by atoms with Crippen LogP contribution in [0.1, 0.15) is 10.4 Å². The van der Waals surface area contributed by atoms with Crippen molar-refractivity contribution in [3.8, 4) is 11.4 Å². The van der Waals surface area contributed by atoms with Crippen molar-refractivity contribution in [1.82, 2.24) is 9.47 Å². The van der Waals surface area contributed by atoms with E-state index in [1.807, 2.05) is 18.2 Å². The van der Waals surface area contributed by atoms with Crippen molar-refractivity contribution in [1.29, 1.82) is 0 Å². The quantitative estimate of drug-likeness (QED) is 0.716. The molecule has 0 bridgehead atoms. The van der Waals surface area contributed by atoms with Gasteiger partial charge in [-0.3, -0.25) is 14.2 Å². The molecule has 138 valence electrons. The van der Waals surface area contributed by atoms with E-state index in [-0.39, 0.29) is 11.5 Å².